The Morgan fingerprint density at radius 3 is 2.64 bits per heavy atom. The van der Waals surface area contributed by atoms with Crippen LogP contribution in [0.5, 0.6) is 5.75 Å². The molecule has 2 aliphatic carbocycles. The molecule has 1 saturated carbocycles. The van der Waals surface area contributed by atoms with Crippen LogP contribution in [0.15, 0.2) is 36.4 Å². The molecule has 5 nitrogen and oxygen atoms in total. The molecule has 1 fully saturated rings. The number of nitrogens with one attached hydrogen (secondary N) is 1. The second-order valence-electron chi connectivity index (χ2n) is 10.3. The first kappa shape index (κ1) is 20.5. The van der Waals surface area contributed by atoms with E-state index in [-0.39, 0.29) is 11.2 Å². The highest BCUT2D eigenvalue weighted by Gasteiger charge is 2.40. The molecular formula is C28H31N3O2. The Labute approximate surface area is 194 Å². The van der Waals surface area contributed by atoms with Gasteiger partial charge >= 0.3 is 0 Å². The van der Waals surface area contributed by atoms with Gasteiger partial charge in [-0.1, -0.05) is 32.4 Å². The van der Waals surface area contributed by atoms with Crippen molar-refractivity contribution in [1.29, 1.82) is 0 Å². The van der Waals surface area contributed by atoms with E-state index in [9.17, 15) is 4.79 Å². The highest BCUT2D eigenvalue weighted by molar-refractivity contribution is 6.20. The van der Waals surface area contributed by atoms with Gasteiger partial charge in [0.1, 0.15) is 5.75 Å². The third-order valence-corrected chi connectivity index (χ3v) is 8.11. The molecule has 6 rings (SSSR count). The van der Waals surface area contributed by atoms with Crippen LogP contribution in [0.3, 0.4) is 0 Å². The molecule has 0 saturated heterocycles. The van der Waals surface area contributed by atoms with E-state index in [4.69, 9.17) is 10.5 Å². The maximum Gasteiger partial charge on any atom is 0.195 e. The molecule has 3 aromatic rings. The van der Waals surface area contributed by atoms with E-state index in [0.29, 0.717) is 5.69 Å². The number of methoxy groups -OCH3 is 1. The van der Waals surface area contributed by atoms with E-state index in [2.05, 4.69) is 35.9 Å². The number of carbonyl (C=O) groups is 1. The fraction of sp³-hybridized carbons (Fsp3) is 0.393. The van der Waals surface area contributed by atoms with Gasteiger partial charge in [-0.25, -0.2) is 0 Å². The van der Waals surface area contributed by atoms with E-state index >= 15 is 0 Å². The van der Waals surface area contributed by atoms with Crippen molar-refractivity contribution in [2.24, 2.45) is 0 Å². The third kappa shape index (κ3) is 2.98. The Hall–Kier alpha value is -3.05. The number of rotatable bonds is 3. The Kier molecular flexibility index (Phi) is 4.50. The summed E-state index contributed by atoms with van der Waals surface area (Å²) < 4.78 is 5.83. The summed E-state index contributed by atoms with van der Waals surface area (Å²) >= 11 is 0. The number of nitrogens with two attached hydrogens (primary N) is 1. The molecule has 33 heavy (non-hydrogen) atoms. The van der Waals surface area contributed by atoms with Crippen LogP contribution in [0.2, 0.25) is 0 Å². The van der Waals surface area contributed by atoms with Crippen LogP contribution in [0.25, 0.3) is 16.5 Å². The highest BCUT2D eigenvalue weighted by atomic mass is 16.5. The minimum absolute atomic E-state index is 0.0500. The molecule has 0 amide bonds. The number of hydrogen-bond donors (Lipinski definition) is 2. The van der Waals surface area contributed by atoms with Crippen LogP contribution >= 0.6 is 0 Å². The van der Waals surface area contributed by atoms with Crippen molar-refractivity contribution in [3.05, 3.63) is 64.4 Å². The summed E-state index contributed by atoms with van der Waals surface area (Å²) in [6, 6.07) is 10.7. The number of aromatic amines is 1. The second kappa shape index (κ2) is 7.22. The fourth-order valence-corrected chi connectivity index (χ4v) is 5.91. The third-order valence-electron chi connectivity index (χ3n) is 8.11. The number of ether oxygens (including phenoxy) is 1. The molecule has 0 spiro atoms. The van der Waals surface area contributed by atoms with Gasteiger partial charge in [0.2, 0.25) is 0 Å². The van der Waals surface area contributed by atoms with Gasteiger partial charge in [-0.15, -0.1) is 0 Å². The summed E-state index contributed by atoms with van der Waals surface area (Å²) in [5, 5.41) is 0.928. The minimum atomic E-state index is -0.347. The average molecular weight is 442 g/mol. The summed E-state index contributed by atoms with van der Waals surface area (Å²) in [7, 11) is 1.70. The maximum absolute atomic E-state index is 13.7. The van der Waals surface area contributed by atoms with Crippen LogP contribution in [0.4, 0.5) is 5.69 Å². The van der Waals surface area contributed by atoms with E-state index < -0.39 is 0 Å². The molecule has 1 aliphatic heterocycles. The predicted molar refractivity (Wildman–Crippen MR) is 133 cm³/mol. The largest absolute Gasteiger partial charge is 0.496 e. The van der Waals surface area contributed by atoms with Gasteiger partial charge in [0, 0.05) is 58.0 Å². The van der Waals surface area contributed by atoms with Crippen LogP contribution < -0.4 is 10.5 Å². The first-order valence-corrected chi connectivity index (χ1v) is 12.0. The number of hydrogen-bond acceptors (Lipinski definition) is 4. The van der Waals surface area contributed by atoms with Crippen molar-refractivity contribution in [2.75, 3.05) is 25.9 Å². The number of fused-ring (bicyclic) bond motifs is 4. The highest BCUT2D eigenvalue weighted by Crippen LogP contribution is 2.47. The van der Waals surface area contributed by atoms with Gasteiger partial charge in [-0.05, 0) is 54.7 Å². The zero-order valence-corrected chi connectivity index (χ0v) is 19.6. The Bertz CT molecular complexity index is 1330. The van der Waals surface area contributed by atoms with Crippen molar-refractivity contribution in [3.63, 3.8) is 0 Å². The molecular weight excluding hydrogens is 410 g/mol. The standard InChI is InChI=1S/C28H31N3O2/c1-28(2)22-14-20(16-9-11-31(12-10-16)18-5-4-6-18)24(33-3)15-21(22)26(32)25-19-8-7-17(29)13-23(19)30-27(25)28/h7-9,13-15,18,30H,4-6,10-12,29H2,1-3H3. The Morgan fingerprint density at radius 1 is 1.15 bits per heavy atom. The Balaban J connectivity index is 1.47. The number of H-pyrrole nitrogens is 1. The number of anilines is 1. The van der Waals surface area contributed by atoms with E-state index in [1.165, 1.54) is 24.8 Å². The van der Waals surface area contributed by atoms with Gasteiger partial charge in [0.25, 0.3) is 0 Å². The number of nitrogens with zero attached hydrogens (tertiary/aromatic N) is 1. The lowest BCUT2D eigenvalue weighted by atomic mass is 9.70. The smallest absolute Gasteiger partial charge is 0.195 e. The van der Waals surface area contributed by atoms with E-state index in [1.54, 1.807) is 7.11 Å². The average Bonchev–Trinajstić information content (AvgIpc) is 3.16. The van der Waals surface area contributed by atoms with Crippen LogP contribution in [-0.2, 0) is 5.41 Å². The Morgan fingerprint density at radius 2 is 1.97 bits per heavy atom. The van der Waals surface area contributed by atoms with E-state index in [0.717, 1.165) is 70.2 Å². The molecule has 3 N–H and O–H groups in total. The number of nitrogen functional groups attached to an aromatic ring is 1. The first-order chi connectivity index (χ1) is 15.9. The molecule has 1 aromatic heterocycles. The summed E-state index contributed by atoms with van der Waals surface area (Å²) in [6.45, 7) is 6.47. The quantitative estimate of drug-likeness (QED) is 0.543. The maximum atomic E-state index is 13.7. The first-order valence-electron chi connectivity index (χ1n) is 12.0. The van der Waals surface area contributed by atoms with Gasteiger partial charge in [0.05, 0.1) is 12.7 Å². The molecule has 0 bridgehead atoms. The fourth-order valence-electron chi connectivity index (χ4n) is 5.91. The molecule has 2 heterocycles. The molecule has 0 unspecified atom stereocenters. The predicted octanol–water partition coefficient (Wildman–Crippen LogP) is 5.27. The molecule has 0 radical (unpaired) electrons. The summed E-state index contributed by atoms with van der Waals surface area (Å²) in [4.78, 5) is 19.9. The zero-order chi connectivity index (χ0) is 22.9. The molecule has 2 aromatic carbocycles. The van der Waals surface area contributed by atoms with Gasteiger partial charge < -0.3 is 15.5 Å². The normalized spacial score (nSPS) is 20.2. The number of ketones is 1. The van der Waals surface area contributed by atoms with Crippen LogP contribution in [0.1, 0.15) is 72.3 Å². The number of aromatic nitrogens is 1. The van der Waals surface area contributed by atoms with Gasteiger partial charge in [0.15, 0.2) is 5.78 Å². The minimum Gasteiger partial charge on any atom is -0.496 e. The number of carbonyl (C=O) groups excluding carboxylic acids is 1. The topological polar surface area (TPSA) is 71.3 Å². The molecule has 3 aliphatic rings. The van der Waals surface area contributed by atoms with Crippen molar-refractivity contribution < 1.29 is 9.53 Å². The summed E-state index contributed by atoms with van der Waals surface area (Å²) in [6.07, 6.45) is 7.40. The lowest BCUT2D eigenvalue weighted by molar-refractivity contribution is 0.103. The summed E-state index contributed by atoms with van der Waals surface area (Å²) in [5.74, 6) is 0.836. The second-order valence-corrected chi connectivity index (χ2v) is 10.3. The van der Waals surface area contributed by atoms with Gasteiger partial charge in [-0.2, -0.15) is 0 Å². The van der Waals surface area contributed by atoms with Crippen molar-refractivity contribution >= 4 is 27.9 Å². The molecule has 5 heteroatoms. The van der Waals surface area contributed by atoms with Crippen molar-refractivity contribution in [3.8, 4) is 5.75 Å². The lowest BCUT2D eigenvalue weighted by Gasteiger charge is -2.39. The molecule has 0 atom stereocenters. The SMILES string of the molecule is COc1cc2c(cc1C1=CCN(C3CCC3)CC1)C(C)(C)c1[nH]c3cc(N)ccc3c1C2=O. The van der Waals surface area contributed by atoms with E-state index in [1.807, 2.05) is 24.3 Å². The van der Waals surface area contributed by atoms with Gasteiger partial charge in [-0.3, -0.25) is 9.69 Å². The van der Waals surface area contributed by atoms with Crippen molar-refractivity contribution in [1.82, 2.24) is 9.88 Å². The number of benzene rings is 2. The van der Waals surface area contributed by atoms with Crippen molar-refractivity contribution in [2.45, 2.75) is 51.0 Å². The lowest BCUT2D eigenvalue weighted by Crippen LogP contribution is -2.42. The zero-order valence-electron chi connectivity index (χ0n) is 19.6. The summed E-state index contributed by atoms with van der Waals surface area (Å²) in [5.41, 5.74) is 13.2. The molecule has 170 valence electrons. The monoisotopic (exact) mass is 441 g/mol. The van der Waals surface area contributed by atoms with Crippen LogP contribution in [0, 0.1) is 0 Å². The van der Waals surface area contributed by atoms with Crippen LogP contribution in [-0.4, -0.2) is 41.9 Å².